The first-order chi connectivity index (χ1) is 9.90. The van der Waals surface area contributed by atoms with E-state index in [1.54, 1.807) is 28.3 Å². The summed E-state index contributed by atoms with van der Waals surface area (Å²) in [6, 6.07) is 0.854. The number of carbonyl (C=O) groups excluding carboxylic acids is 1. The average molecular weight is 318 g/mol. The second kappa shape index (κ2) is 7.22. The van der Waals surface area contributed by atoms with Gasteiger partial charge in [-0.1, -0.05) is 20.3 Å². The Balaban J connectivity index is 3.35. The Kier molecular flexibility index (Phi) is 6.40. The molecule has 1 aliphatic heterocycles. The van der Waals surface area contributed by atoms with Crippen LogP contribution in [0, 0.1) is 0 Å². The van der Waals surface area contributed by atoms with Gasteiger partial charge in [0.05, 0.1) is 0 Å². The molecule has 1 aliphatic rings. The van der Waals surface area contributed by atoms with Gasteiger partial charge in [-0.3, -0.25) is 4.79 Å². The maximum atomic E-state index is 11.9. The molecule has 0 aliphatic carbocycles. The third-order valence-electron chi connectivity index (χ3n) is 4.87. The molecule has 124 valence electrons. The molecule has 6 heteroatoms. The molecule has 21 heavy (non-hydrogen) atoms. The van der Waals surface area contributed by atoms with Crippen LogP contribution in [0.2, 0.25) is 6.04 Å². The summed E-state index contributed by atoms with van der Waals surface area (Å²) in [6.07, 6.45) is 3.71. The van der Waals surface area contributed by atoms with E-state index in [0.29, 0.717) is 6.42 Å². The van der Waals surface area contributed by atoms with Crippen LogP contribution in [0.3, 0.4) is 0 Å². The summed E-state index contributed by atoms with van der Waals surface area (Å²) in [5.41, 5.74) is -0.707. The molecule has 5 nitrogen and oxygen atoms in total. The van der Waals surface area contributed by atoms with Gasteiger partial charge in [0.2, 0.25) is 0 Å². The average Bonchev–Trinajstić information content (AvgIpc) is 2.49. The van der Waals surface area contributed by atoms with Gasteiger partial charge >= 0.3 is 14.5 Å². The SMILES string of the molecule is CCCC1(OC)C(C)(OC(=O)CC)CCC[Si]1(OC)OC. The fourth-order valence-corrected chi connectivity index (χ4v) is 8.02. The number of hydrogen-bond acceptors (Lipinski definition) is 5. The molecule has 0 radical (unpaired) electrons. The minimum Gasteiger partial charge on any atom is -0.456 e. The Morgan fingerprint density at radius 2 is 1.81 bits per heavy atom. The molecular formula is C15H30O5Si. The van der Waals surface area contributed by atoms with E-state index in [9.17, 15) is 4.79 Å². The molecule has 1 saturated heterocycles. The highest BCUT2D eigenvalue weighted by atomic mass is 28.4. The second-order valence-corrected chi connectivity index (χ2v) is 9.48. The van der Waals surface area contributed by atoms with E-state index in [-0.39, 0.29) is 5.97 Å². The molecule has 2 atom stereocenters. The molecule has 0 spiro atoms. The second-order valence-electron chi connectivity index (χ2n) is 5.85. The number of ether oxygens (including phenoxy) is 2. The van der Waals surface area contributed by atoms with E-state index in [1.165, 1.54) is 0 Å². The van der Waals surface area contributed by atoms with E-state index >= 15 is 0 Å². The minimum atomic E-state index is -2.65. The van der Waals surface area contributed by atoms with Crippen molar-refractivity contribution in [1.29, 1.82) is 0 Å². The summed E-state index contributed by atoms with van der Waals surface area (Å²) in [4.78, 5) is 11.9. The number of rotatable bonds is 7. The lowest BCUT2D eigenvalue weighted by Gasteiger charge is -2.56. The lowest BCUT2D eigenvalue weighted by atomic mass is 9.88. The predicted molar refractivity (Wildman–Crippen MR) is 83.2 cm³/mol. The van der Waals surface area contributed by atoms with Crippen molar-refractivity contribution in [3.8, 4) is 0 Å². The Bertz CT molecular complexity index is 358. The summed E-state index contributed by atoms with van der Waals surface area (Å²) in [5, 5.41) is -0.679. The van der Waals surface area contributed by atoms with Crippen LogP contribution in [0.15, 0.2) is 0 Å². The van der Waals surface area contributed by atoms with Crippen molar-refractivity contribution in [2.24, 2.45) is 0 Å². The lowest BCUT2D eigenvalue weighted by Crippen LogP contribution is -2.75. The van der Waals surface area contributed by atoms with Gasteiger partial charge in [0.15, 0.2) is 5.22 Å². The molecule has 0 N–H and O–H groups in total. The van der Waals surface area contributed by atoms with E-state index in [0.717, 1.165) is 31.7 Å². The third-order valence-corrected chi connectivity index (χ3v) is 9.41. The van der Waals surface area contributed by atoms with Crippen LogP contribution >= 0.6 is 0 Å². The van der Waals surface area contributed by atoms with Crippen molar-refractivity contribution < 1.29 is 23.1 Å². The first-order valence-electron chi connectivity index (χ1n) is 7.78. The summed E-state index contributed by atoms with van der Waals surface area (Å²) in [5.74, 6) is -0.202. The van der Waals surface area contributed by atoms with Crippen molar-refractivity contribution in [3.05, 3.63) is 0 Å². The summed E-state index contributed by atoms with van der Waals surface area (Å²) < 4.78 is 23.7. The van der Waals surface area contributed by atoms with Crippen molar-refractivity contribution in [2.75, 3.05) is 21.3 Å². The number of carbonyl (C=O) groups is 1. The van der Waals surface area contributed by atoms with Gasteiger partial charge in [-0.05, 0) is 32.2 Å². The zero-order valence-corrected chi connectivity index (χ0v) is 15.3. The van der Waals surface area contributed by atoms with Gasteiger partial charge in [-0.25, -0.2) is 0 Å². The Labute approximate surface area is 129 Å². The first kappa shape index (κ1) is 18.6. The van der Waals surface area contributed by atoms with Gasteiger partial charge < -0.3 is 18.3 Å². The summed E-state index contributed by atoms with van der Waals surface area (Å²) in [6.45, 7) is 5.88. The molecular weight excluding hydrogens is 288 g/mol. The van der Waals surface area contributed by atoms with Gasteiger partial charge in [0, 0.05) is 27.8 Å². The molecule has 0 amide bonds. The smallest absolute Gasteiger partial charge is 0.374 e. The molecule has 1 fully saturated rings. The predicted octanol–water partition coefficient (Wildman–Crippen LogP) is 2.95. The van der Waals surface area contributed by atoms with Crippen molar-refractivity contribution in [1.82, 2.24) is 0 Å². The van der Waals surface area contributed by atoms with E-state index in [2.05, 4.69) is 6.92 Å². The minimum absolute atomic E-state index is 0.202. The zero-order valence-electron chi connectivity index (χ0n) is 14.3. The van der Waals surface area contributed by atoms with Crippen LogP contribution in [0.25, 0.3) is 0 Å². The Hall–Kier alpha value is -0.433. The quantitative estimate of drug-likeness (QED) is 0.533. The first-order valence-corrected chi connectivity index (χ1v) is 9.80. The van der Waals surface area contributed by atoms with Gasteiger partial charge in [-0.2, -0.15) is 0 Å². The van der Waals surface area contributed by atoms with Crippen molar-refractivity contribution in [3.63, 3.8) is 0 Å². The van der Waals surface area contributed by atoms with Crippen LogP contribution in [0.1, 0.15) is 52.9 Å². The number of hydrogen-bond donors (Lipinski definition) is 0. The zero-order chi connectivity index (χ0) is 16.1. The van der Waals surface area contributed by atoms with Crippen LogP contribution in [-0.4, -0.2) is 46.7 Å². The van der Waals surface area contributed by atoms with Gasteiger partial charge in [-0.15, -0.1) is 0 Å². The van der Waals surface area contributed by atoms with Gasteiger partial charge in [0.25, 0.3) is 0 Å². The monoisotopic (exact) mass is 318 g/mol. The highest BCUT2D eigenvalue weighted by molar-refractivity contribution is 6.71. The highest BCUT2D eigenvalue weighted by Gasteiger charge is 2.69. The summed E-state index contributed by atoms with van der Waals surface area (Å²) >= 11 is 0. The van der Waals surface area contributed by atoms with Crippen molar-refractivity contribution >= 4 is 14.5 Å². The standard InChI is InChI=1S/C15H30O5Si/c1-7-10-15(17-4)14(3,20-13(16)8-2)11-9-12-21(15,18-5)19-6/h7-12H2,1-6H3. The number of esters is 1. The Morgan fingerprint density at radius 3 is 2.24 bits per heavy atom. The topological polar surface area (TPSA) is 54.0 Å². The summed E-state index contributed by atoms with van der Waals surface area (Å²) in [7, 11) is 2.41. The number of methoxy groups -OCH3 is 1. The molecule has 0 aromatic heterocycles. The fourth-order valence-electron chi connectivity index (χ4n) is 3.82. The van der Waals surface area contributed by atoms with E-state index < -0.39 is 19.4 Å². The molecule has 2 unspecified atom stereocenters. The molecule has 1 heterocycles. The van der Waals surface area contributed by atoms with Crippen LogP contribution in [0.5, 0.6) is 0 Å². The third kappa shape index (κ3) is 2.91. The van der Waals surface area contributed by atoms with E-state index in [4.69, 9.17) is 18.3 Å². The molecule has 0 saturated carbocycles. The molecule has 0 aromatic rings. The lowest BCUT2D eigenvalue weighted by molar-refractivity contribution is -0.195. The van der Waals surface area contributed by atoms with Gasteiger partial charge in [0.1, 0.15) is 5.60 Å². The largest absolute Gasteiger partial charge is 0.456 e. The maximum Gasteiger partial charge on any atom is 0.374 e. The molecule has 1 rings (SSSR count). The Morgan fingerprint density at radius 1 is 1.19 bits per heavy atom. The normalized spacial score (nSPS) is 31.9. The molecule has 0 bridgehead atoms. The molecule has 0 aromatic carbocycles. The maximum absolute atomic E-state index is 11.9. The van der Waals surface area contributed by atoms with E-state index in [1.807, 2.05) is 6.92 Å². The van der Waals surface area contributed by atoms with Crippen LogP contribution < -0.4 is 0 Å². The van der Waals surface area contributed by atoms with Crippen molar-refractivity contribution in [2.45, 2.75) is 69.7 Å². The van der Waals surface area contributed by atoms with Crippen LogP contribution in [-0.2, 0) is 23.1 Å². The fraction of sp³-hybridized carbons (Fsp3) is 0.933. The van der Waals surface area contributed by atoms with Crippen LogP contribution in [0.4, 0.5) is 0 Å². The highest BCUT2D eigenvalue weighted by Crippen LogP contribution is 2.50.